The first-order valence-electron chi connectivity index (χ1n) is 10.0. The number of aryl methyl sites for hydroxylation is 1. The van der Waals surface area contributed by atoms with Crippen molar-refractivity contribution in [3.8, 4) is 11.4 Å². The number of para-hydroxylation sites is 3. The summed E-state index contributed by atoms with van der Waals surface area (Å²) in [5.41, 5.74) is 0.945. The minimum absolute atomic E-state index is 0.0990. The van der Waals surface area contributed by atoms with Crippen LogP contribution in [-0.2, 0) is 11.3 Å². The van der Waals surface area contributed by atoms with Crippen molar-refractivity contribution in [2.24, 2.45) is 0 Å². The van der Waals surface area contributed by atoms with Crippen molar-refractivity contribution in [3.05, 3.63) is 82.5 Å². The summed E-state index contributed by atoms with van der Waals surface area (Å²) < 4.78 is 12.5. The van der Waals surface area contributed by atoms with Crippen LogP contribution in [0.4, 0.5) is 0 Å². The Morgan fingerprint density at radius 1 is 1.12 bits per heavy atom. The maximum Gasteiger partial charge on any atom is 0.266 e. The Labute approximate surface area is 189 Å². The van der Waals surface area contributed by atoms with Gasteiger partial charge in [0.15, 0.2) is 5.16 Å². The molecule has 2 heterocycles. The Balaban J connectivity index is 1.67. The topological polar surface area (TPSA) is 77.6 Å². The normalized spacial score (nSPS) is 11.0. The molecule has 0 aliphatic heterocycles. The molecule has 2 aromatic carbocycles. The molecule has 7 nitrogen and oxygen atoms in total. The van der Waals surface area contributed by atoms with E-state index in [2.05, 4.69) is 4.98 Å². The summed E-state index contributed by atoms with van der Waals surface area (Å²) in [4.78, 5) is 32.4. The Hall–Kier alpha value is -3.52. The standard InChI is InChI=1S/C24H23N3O4S/c1-16-12-13-17(31-16)14-26(2)22(28)15-32-24-25-19-9-5-4-8-18(19)23(29)27(24)20-10-6-7-11-21(20)30-3/h4-13H,14-15H2,1-3H3. The number of nitrogens with zero attached hydrogens (tertiary/aromatic N) is 3. The fourth-order valence-electron chi connectivity index (χ4n) is 3.36. The van der Waals surface area contributed by atoms with E-state index in [4.69, 9.17) is 9.15 Å². The zero-order valence-electron chi connectivity index (χ0n) is 18.1. The number of carbonyl (C=O) groups is 1. The lowest BCUT2D eigenvalue weighted by Crippen LogP contribution is -2.28. The lowest BCUT2D eigenvalue weighted by atomic mass is 10.2. The molecule has 164 valence electrons. The maximum atomic E-state index is 13.4. The number of methoxy groups -OCH3 is 1. The van der Waals surface area contributed by atoms with Crippen LogP contribution in [0.25, 0.3) is 16.6 Å². The van der Waals surface area contributed by atoms with E-state index < -0.39 is 0 Å². The second-order valence-electron chi connectivity index (χ2n) is 7.27. The summed E-state index contributed by atoms with van der Waals surface area (Å²) in [6.45, 7) is 2.24. The number of hydrogen-bond donors (Lipinski definition) is 0. The van der Waals surface area contributed by atoms with Crippen molar-refractivity contribution in [2.45, 2.75) is 18.6 Å². The summed E-state index contributed by atoms with van der Waals surface area (Å²) in [7, 11) is 3.28. The number of thioether (sulfide) groups is 1. The van der Waals surface area contributed by atoms with Crippen LogP contribution in [0.15, 0.2) is 75.0 Å². The third kappa shape index (κ3) is 4.40. The van der Waals surface area contributed by atoms with Crippen LogP contribution >= 0.6 is 11.8 Å². The fourth-order valence-corrected chi connectivity index (χ4v) is 4.31. The monoisotopic (exact) mass is 449 g/mol. The smallest absolute Gasteiger partial charge is 0.266 e. The number of aromatic nitrogens is 2. The molecule has 0 aliphatic rings. The SMILES string of the molecule is COc1ccccc1-n1c(SCC(=O)N(C)Cc2ccc(C)o2)nc2ccccc2c1=O. The molecule has 0 saturated heterocycles. The highest BCUT2D eigenvalue weighted by molar-refractivity contribution is 7.99. The number of ether oxygens (including phenoxy) is 1. The molecular formula is C24H23N3O4S. The Morgan fingerprint density at radius 2 is 1.88 bits per heavy atom. The molecule has 0 atom stereocenters. The van der Waals surface area contributed by atoms with Crippen LogP contribution in [-0.4, -0.2) is 40.3 Å². The van der Waals surface area contributed by atoms with Gasteiger partial charge in [0.2, 0.25) is 5.91 Å². The zero-order valence-corrected chi connectivity index (χ0v) is 18.9. The third-order valence-corrected chi connectivity index (χ3v) is 5.93. The van der Waals surface area contributed by atoms with Gasteiger partial charge in [-0.15, -0.1) is 0 Å². The minimum atomic E-state index is -0.213. The molecule has 0 N–H and O–H groups in total. The van der Waals surface area contributed by atoms with E-state index in [1.165, 1.54) is 16.3 Å². The Morgan fingerprint density at radius 3 is 2.62 bits per heavy atom. The molecule has 4 aromatic rings. The summed E-state index contributed by atoms with van der Waals surface area (Å²) in [6, 6.07) is 18.2. The molecule has 8 heteroatoms. The van der Waals surface area contributed by atoms with Crippen LogP contribution in [0.1, 0.15) is 11.5 Å². The zero-order chi connectivity index (χ0) is 22.7. The van der Waals surface area contributed by atoms with Gasteiger partial charge in [-0.25, -0.2) is 4.98 Å². The number of rotatable bonds is 7. The number of furan rings is 1. The number of fused-ring (bicyclic) bond motifs is 1. The lowest BCUT2D eigenvalue weighted by molar-refractivity contribution is -0.127. The molecule has 0 saturated carbocycles. The average Bonchev–Trinajstić information content (AvgIpc) is 3.22. The number of amides is 1. The van der Waals surface area contributed by atoms with Crippen LogP contribution in [0, 0.1) is 6.92 Å². The predicted octanol–water partition coefficient (Wildman–Crippen LogP) is 4.05. The number of benzene rings is 2. The molecule has 4 rings (SSSR count). The highest BCUT2D eigenvalue weighted by Gasteiger charge is 2.18. The first-order valence-corrected chi connectivity index (χ1v) is 11.0. The van der Waals surface area contributed by atoms with Crippen molar-refractivity contribution in [1.29, 1.82) is 0 Å². The van der Waals surface area contributed by atoms with Gasteiger partial charge in [0.25, 0.3) is 5.56 Å². The van der Waals surface area contributed by atoms with E-state index in [9.17, 15) is 9.59 Å². The molecule has 0 aliphatic carbocycles. The van der Waals surface area contributed by atoms with Gasteiger partial charge < -0.3 is 14.1 Å². The van der Waals surface area contributed by atoms with E-state index in [-0.39, 0.29) is 17.2 Å². The molecule has 32 heavy (non-hydrogen) atoms. The summed E-state index contributed by atoms with van der Waals surface area (Å²) in [6.07, 6.45) is 0. The van der Waals surface area contributed by atoms with E-state index in [0.717, 1.165) is 11.5 Å². The molecular weight excluding hydrogens is 426 g/mol. The van der Waals surface area contributed by atoms with Gasteiger partial charge in [0.1, 0.15) is 17.3 Å². The van der Waals surface area contributed by atoms with Crippen molar-refractivity contribution < 1.29 is 13.9 Å². The average molecular weight is 450 g/mol. The van der Waals surface area contributed by atoms with Gasteiger partial charge >= 0.3 is 0 Å². The van der Waals surface area contributed by atoms with E-state index in [1.54, 1.807) is 49.4 Å². The van der Waals surface area contributed by atoms with E-state index in [1.807, 2.05) is 37.3 Å². The summed E-state index contributed by atoms with van der Waals surface area (Å²) >= 11 is 1.22. The molecule has 0 fully saturated rings. The quantitative estimate of drug-likeness (QED) is 0.313. The second kappa shape index (κ2) is 9.32. The first-order chi connectivity index (χ1) is 15.5. The van der Waals surface area contributed by atoms with Gasteiger partial charge in [0.05, 0.1) is 36.0 Å². The van der Waals surface area contributed by atoms with Crippen molar-refractivity contribution in [1.82, 2.24) is 14.5 Å². The molecule has 1 amide bonds. The molecule has 2 aromatic heterocycles. The highest BCUT2D eigenvalue weighted by Crippen LogP contribution is 2.27. The van der Waals surface area contributed by atoms with Crippen molar-refractivity contribution in [3.63, 3.8) is 0 Å². The number of hydrogen-bond acceptors (Lipinski definition) is 6. The largest absolute Gasteiger partial charge is 0.495 e. The Kier molecular flexibility index (Phi) is 6.32. The Bertz CT molecular complexity index is 1330. The van der Waals surface area contributed by atoms with Gasteiger partial charge in [-0.3, -0.25) is 14.2 Å². The van der Waals surface area contributed by atoms with Crippen LogP contribution in [0.3, 0.4) is 0 Å². The van der Waals surface area contributed by atoms with Crippen molar-refractivity contribution >= 4 is 28.6 Å². The molecule has 0 bridgehead atoms. The first kappa shape index (κ1) is 21.7. The summed E-state index contributed by atoms with van der Waals surface area (Å²) in [5, 5.41) is 0.924. The predicted molar refractivity (Wildman–Crippen MR) is 125 cm³/mol. The number of carbonyl (C=O) groups excluding carboxylic acids is 1. The molecule has 0 radical (unpaired) electrons. The second-order valence-corrected chi connectivity index (χ2v) is 8.22. The summed E-state index contributed by atoms with van der Waals surface area (Å²) in [5.74, 6) is 2.09. The molecule has 0 spiro atoms. The van der Waals surface area contributed by atoms with Gasteiger partial charge in [-0.2, -0.15) is 0 Å². The fraction of sp³-hybridized carbons (Fsp3) is 0.208. The maximum absolute atomic E-state index is 13.4. The van der Waals surface area contributed by atoms with Crippen LogP contribution in [0.5, 0.6) is 5.75 Å². The lowest BCUT2D eigenvalue weighted by Gasteiger charge is -2.18. The van der Waals surface area contributed by atoms with Gasteiger partial charge in [-0.05, 0) is 43.3 Å². The molecule has 0 unspecified atom stereocenters. The van der Waals surface area contributed by atoms with Gasteiger partial charge in [0, 0.05) is 7.05 Å². The van der Waals surface area contributed by atoms with Gasteiger partial charge in [-0.1, -0.05) is 36.0 Å². The van der Waals surface area contributed by atoms with Crippen molar-refractivity contribution in [2.75, 3.05) is 19.9 Å². The van der Waals surface area contributed by atoms with E-state index >= 15 is 0 Å². The highest BCUT2D eigenvalue weighted by atomic mass is 32.2. The van der Waals surface area contributed by atoms with E-state index in [0.29, 0.717) is 34.0 Å². The van der Waals surface area contributed by atoms with Crippen LogP contribution < -0.4 is 10.3 Å². The third-order valence-electron chi connectivity index (χ3n) is 5.01. The van der Waals surface area contributed by atoms with Crippen LogP contribution in [0.2, 0.25) is 0 Å². The minimum Gasteiger partial charge on any atom is -0.495 e.